The van der Waals surface area contributed by atoms with Gasteiger partial charge in [0.25, 0.3) is 0 Å². The molecule has 0 radical (unpaired) electrons. The van der Waals surface area contributed by atoms with Crippen LogP contribution in [-0.4, -0.2) is 39.9 Å². The lowest BCUT2D eigenvalue weighted by atomic mass is 9.95. The molecule has 7 aromatic heterocycles. The number of aromatic nitrogens is 8. The fraction of sp³-hybridized carbons (Fsp3) is 0.0233. The molecular formula is C86H54BrCl3N8O3. The van der Waals surface area contributed by atoms with Gasteiger partial charge >= 0.3 is 0 Å². The van der Waals surface area contributed by atoms with Gasteiger partial charge in [-0.15, -0.1) is 0 Å². The summed E-state index contributed by atoms with van der Waals surface area (Å²) in [6, 6.07) is 97.7. The molecule has 0 aliphatic rings. The van der Waals surface area contributed by atoms with Crippen molar-refractivity contribution in [2.24, 2.45) is 0 Å². The van der Waals surface area contributed by atoms with Crippen molar-refractivity contribution in [1.82, 2.24) is 39.9 Å². The molecule has 0 saturated carbocycles. The largest absolute Gasteiger partial charge is 0.452 e. The van der Waals surface area contributed by atoms with Gasteiger partial charge in [-0.3, -0.25) is 0 Å². The quantitative estimate of drug-likeness (QED) is 0.111. The second kappa shape index (κ2) is 27.9. The molecule has 12 aromatic carbocycles. The number of hydrogen-bond donors (Lipinski definition) is 0. The summed E-state index contributed by atoms with van der Waals surface area (Å²) in [5, 5.41) is 7.85. The highest BCUT2D eigenvalue weighted by Gasteiger charge is 2.22. The van der Waals surface area contributed by atoms with E-state index in [1.807, 2.05) is 200 Å². The van der Waals surface area contributed by atoms with Crippen LogP contribution >= 0.6 is 50.7 Å². The number of halogens is 4. The zero-order chi connectivity index (χ0) is 68.5. The van der Waals surface area contributed by atoms with Crippen LogP contribution in [0.4, 0.5) is 0 Å². The lowest BCUT2D eigenvalue weighted by molar-refractivity contribution is 0.653. The lowest BCUT2D eigenvalue weighted by Gasteiger charge is -2.11. The van der Waals surface area contributed by atoms with E-state index >= 15 is 0 Å². The van der Waals surface area contributed by atoms with Crippen LogP contribution in [0.5, 0.6) is 0 Å². The van der Waals surface area contributed by atoms with Crippen molar-refractivity contribution in [3.05, 3.63) is 323 Å². The minimum Gasteiger partial charge on any atom is -0.452 e. The van der Waals surface area contributed by atoms with Crippen molar-refractivity contribution in [3.8, 4) is 78.8 Å². The van der Waals surface area contributed by atoms with E-state index in [2.05, 4.69) is 146 Å². The number of nitrogens with zero attached hydrogens (tertiary/aromatic N) is 8. The second-order valence-corrected chi connectivity index (χ2v) is 26.0. The lowest BCUT2D eigenvalue weighted by Crippen LogP contribution is -1.94. The van der Waals surface area contributed by atoms with Crippen LogP contribution in [0.1, 0.15) is 11.1 Å². The van der Waals surface area contributed by atoms with E-state index in [0.717, 1.165) is 143 Å². The van der Waals surface area contributed by atoms with Crippen LogP contribution in [0, 0.1) is 13.8 Å². The topological polar surface area (TPSA) is 143 Å². The number of para-hydroxylation sites is 3. The van der Waals surface area contributed by atoms with Gasteiger partial charge in [-0.1, -0.05) is 257 Å². The van der Waals surface area contributed by atoms with E-state index in [4.69, 9.17) is 63.0 Å². The first-order valence-corrected chi connectivity index (χ1v) is 34.4. The van der Waals surface area contributed by atoms with Gasteiger partial charge in [0.05, 0.1) is 27.7 Å². The fourth-order valence-electron chi connectivity index (χ4n) is 12.7. The molecule has 0 atom stereocenters. The third-order valence-corrected chi connectivity index (χ3v) is 18.4. The SMILES string of the molecule is Brc1ccc(-c2nc(-c3ccccc3)c3ccccc3n2)cc1.Cc1cc(C)cc(-c2nc(Cl)c3oc4ccc5ccccc5c4c3n2)c1.Clc1nc(-c2cc(-c3ccccc3)cc(-c3ccccc3)c2)c2oc3ccccc3c2n1.Clc1nc(-c2ccccc2)c2c(n1)oc1ccccc12. The Labute approximate surface area is 602 Å². The zero-order valence-corrected chi connectivity index (χ0v) is 57.9. The van der Waals surface area contributed by atoms with E-state index < -0.39 is 0 Å². The summed E-state index contributed by atoms with van der Waals surface area (Å²) in [7, 11) is 0. The highest BCUT2D eigenvalue weighted by atomic mass is 79.9. The molecule has 0 N–H and O–H groups in total. The summed E-state index contributed by atoms with van der Waals surface area (Å²) >= 11 is 22.3. The van der Waals surface area contributed by atoms with Gasteiger partial charge in [-0.05, 0) is 143 Å². The monoisotopic (exact) mass is 1430 g/mol. The smallest absolute Gasteiger partial charge is 0.232 e. The molecule has 0 saturated heterocycles. The molecular weight excluding hydrogens is 1380 g/mol. The molecule has 0 amide bonds. The Bertz CT molecular complexity index is 6220. The summed E-state index contributed by atoms with van der Waals surface area (Å²) in [4.78, 5) is 36.6. The van der Waals surface area contributed by atoms with Crippen molar-refractivity contribution < 1.29 is 13.3 Å². The van der Waals surface area contributed by atoms with E-state index in [-0.39, 0.29) is 10.6 Å². The molecule has 0 bridgehead atoms. The van der Waals surface area contributed by atoms with E-state index in [1.165, 1.54) is 11.1 Å². The third kappa shape index (κ3) is 13.2. The molecule has 7 heterocycles. The maximum absolute atomic E-state index is 6.47. The van der Waals surface area contributed by atoms with Crippen LogP contribution in [-0.2, 0) is 0 Å². The van der Waals surface area contributed by atoms with Crippen LogP contribution < -0.4 is 0 Å². The summed E-state index contributed by atoms with van der Waals surface area (Å²) in [6.45, 7) is 4.13. The fourth-order valence-corrected chi connectivity index (χ4v) is 13.6. The molecule has 0 spiro atoms. The zero-order valence-electron chi connectivity index (χ0n) is 54.0. The van der Waals surface area contributed by atoms with Crippen molar-refractivity contribution in [2.45, 2.75) is 13.8 Å². The van der Waals surface area contributed by atoms with Crippen molar-refractivity contribution >= 4 is 139 Å². The molecule has 484 valence electrons. The van der Waals surface area contributed by atoms with Gasteiger partial charge in [0.2, 0.25) is 16.3 Å². The van der Waals surface area contributed by atoms with Crippen LogP contribution in [0.25, 0.3) is 167 Å². The van der Waals surface area contributed by atoms with E-state index in [9.17, 15) is 0 Å². The molecule has 15 heteroatoms. The molecule has 19 rings (SSSR count). The number of benzene rings is 12. The summed E-state index contributed by atoms with van der Waals surface area (Å²) in [5.74, 6) is 1.36. The van der Waals surface area contributed by atoms with Gasteiger partial charge in [-0.2, -0.15) is 4.98 Å². The van der Waals surface area contributed by atoms with Crippen LogP contribution in [0.2, 0.25) is 15.7 Å². The minimum atomic E-state index is 0.190. The van der Waals surface area contributed by atoms with Crippen molar-refractivity contribution in [1.29, 1.82) is 0 Å². The Morgan fingerprint density at radius 3 is 1.48 bits per heavy atom. The summed E-state index contributed by atoms with van der Waals surface area (Å²) < 4.78 is 19.0. The van der Waals surface area contributed by atoms with Gasteiger partial charge < -0.3 is 13.3 Å². The maximum atomic E-state index is 6.47. The van der Waals surface area contributed by atoms with Crippen molar-refractivity contribution in [2.75, 3.05) is 0 Å². The average molecular weight is 1430 g/mol. The normalized spacial score (nSPS) is 11.3. The Kier molecular flexibility index (Phi) is 17.6. The Morgan fingerprint density at radius 2 is 0.812 bits per heavy atom. The molecule has 101 heavy (non-hydrogen) atoms. The summed E-state index contributed by atoms with van der Waals surface area (Å²) in [6.07, 6.45) is 0. The number of furan rings is 3. The van der Waals surface area contributed by atoms with Crippen molar-refractivity contribution in [3.63, 3.8) is 0 Å². The van der Waals surface area contributed by atoms with Crippen LogP contribution in [0.15, 0.2) is 309 Å². The molecule has 11 nitrogen and oxygen atoms in total. The predicted molar refractivity (Wildman–Crippen MR) is 415 cm³/mol. The Morgan fingerprint density at radius 1 is 0.297 bits per heavy atom. The van der Waals surface area contributed by atoms with E-state index in [1.54, 1.807) is 0 Å². The van der Waals surface area contributed by atoms with E-state index in [0.29, 0.717) is 33.6 Å². The third-order valence-electron chi connectivity index (χ3n) is 17.3. The highest BCUT2D eigenvalue weighted by Crippen LogP contribution is 2.41. The maximum Gasteiger partial charge on any atom is 0.232 e. The first kappa shape index (κ1) is 63.9. The standard InChI is InChI=1S/C28H17ClN2O.C22H15ClN2O.C20H13BrN2.C16H9ClN2O/c29-28-30-25(27-26(31-28)23-13-7-8-14-24(23)32-27)22-16-20(18-9-3-1-4-10-18)15-21(17-22)19-11-5-2-6-12-19;1-12-9-13(2)11-15(10-12)22-24-19-18-16-6-4-3-5-14(16)7-8-17(18)26-20(19)21(23)25-22;21-16-12-10-15(11-13-16)20-22-18-9-5-4-8-17(18)19(23-20)14-6-2-1-3-7-14;17-16-18-14(10-6-2-1-3-7-10)13-11-8-4-5-9-12(11)20-15(13)19-16/h1-17H;3-11H,1-2H3;1-13H;1-9H. The first-order valence-electron chi connectivity index (χ1n) is 32.5. The van der Waals surface area contributed by atoms with Gasteiger partial charge in [0, 0.05) is 48.4 Å². The Balaban J connectivity index is 0.000000106. The molecule has 0 aliphatic carbocycles. The number of hydrogen-bond acceptors (Lipinski definition) is 11. The number of aryl methyl sites for hydroxylation is 2. The van der Waals surface area contributed by atoms with Gasteiger partial charge in [0.15, 0.2) is 28.0 Å². The first-order chi connectivity index (χ1) is 49.5. The second-order valence-electron chi connectivity index (χ2n) is 24.1. The molecule has 19 aromatic rings. The predicted octanol–water partition coefficient (Wildman–Crippen LogP) is 24.9. The van der Waals surface area contributed by atoms with Crippen LogP contribution in [0.3, 0.4) is 0 Å². The molecule has 0 unspecified atom stereocenters. The highest BCUT2D eigenvalue weighted by molar-refractivity contribution is 9.10. The molecule has 0 aliphatic heterocycles. The minimum absolute atomic E-state index is 0.190. The number of rotatable bonds is 7. The Hall–Kier alpha value is -11.8. The van der Waals surface area contributed by atoms with Gasteiger partial charge in [-0.25, -0.2) is 34.9 Å². The number of fused-ring (bicyclic) bond motifs is 12. The van der Waals surface area contributed by atoms with Gasteiger partial charge in [0.1, 0.15) is 33.5 Å². The average Bonchev–Trinajstić information content (AvgIpc) is 1.63. The molecule has 0 fully saturated rings. The summed E-state index contributed by atoms with van der Waals surface area (Å²) in [5.41, 5.74) is 20.7.